The van der Waals surface area contributed by atoms with E-state index in [1.807, 2.05) is 21.0 Å². The zero-order chi connectivity index (χ0) is 13.1. The summed E-state index contributed by atoms with van der Waals surface area (Å²) < 4.78 is 1.80. The van der Waals surface area contributed by atoms with Crippen LogP contribution in [-0.4, -0.2) is 47.9 Å². The Morgan fingerprint density at radius 2 is 2.06 bits per heavy atom. The lowest BCUT2D eigenvalue weighted by Gasteiger charge is -2.23. The summed E-state index contributed by atoms with van der Waals surface area (Å²) in [6, 6.07) is 2.25. The van der Waals surface area contributed by atoms with Gasteiger partial charge in [0.2, 0.25) is 0 Å². The third-order valence-electron chi connectivity index (χ3n) is 3.62. The van der Waals surface area contributed by atoms with Gasteiger partial charge in [0.05, 0.1) is 5.69 Å². The van der Waals surface area contributed by atoms with Gasteiger partial charge in [-0.3, -0.25) is 4.68 Å². The Labute approximate surface area is 109 Å². The molecular formula is C13H21N5. The van der Waals surface area contributed by atoms with E-state index in [0.29, 0.717) is 5.56 Å². The molecule has 1 fully saturated rings. The van der Waals surface area contributed by atoms with Crippen molar-refractivity contribution in [3.05, 3.63) is 11.3 Å². The summed E-state index contributed by atoms with van der Waals surface area (Å²) >= 11 is 0. The van der Waals surface area contributed by atoms with E-state index in [0.717, 1.165) is 24.6 Å². The molecule has 5 heteroatoms. The minimum atomic E-state index is 0.696. The first-order valence-corrected chi connectivity index (χ1v) is 6.50. The van der Waals surface area contributed by atoms with Gasteiger partial charge >= 0.3 is 0 Å². The summed E-state index contributed by atoms with van der Waals surface area (Å²) in [5.74, 6) is 0.925. The highest BCUT2D eigenvalue weighted by molar-refractivity contribution is 5.56. The van der Waals surface area contributed by atoms with Gasteiger partial charge in [-0.25, -0.2) is 0 Å². The van der Waals surface area contributed by atoms with Gasteiger partial charge in [-0.15, -0.1) is 0 Å². The molecule has 0 bridgehead atoms. The molecule has 0 aromatic carbocycles. The van der Waals surface area contributed by atoms with Crippen molar-refractivity contribution in [3.63, 3.8) is 0 Å². The highest BCUT2D eigenvalue weighted by Crippen LogP contribution is 2.21. The molecule has 0 atom stereocenters. The highest BCUT2D eigenvalue weighted by atomic mass is 15.4. The van der Waals surface area contributed by atoms with Crippen molar-refractivity contribution in [2.45, 2.75) is 19.8 Å². The Morgan fingerprint density at radius 1 is 1.39 bits per heavy atom. The van der Waals surface area contributed by atoms with Crippen LogP contribution in [0.2, 0.25) is 0 Å². The molecular weight excluding hydrogens is 226 g/mol. The Kier molecular flexibility index (Phi) is 3.87. The maximum absolute atomic E-state index is 9.20. The Bertz CT molecular complexity index is 451. The van der Waals surface area contributed by atoms with Crippen LogP contribution in [0.4, 0.5) is 5.82 Å². The van der Waals surface area contributed by atoms with E-state index in [1.165, 1.54) is 25.9 Å². The van der Waals surface area contributed by atoms with Crippen LogP contribution in [0.1, 0.15) is 24.1 Å². The van der Waals surface area contributed by atoms with Crippen molar-refractivity contribution in [1.82, 2.24) is 14.7 Å². The maximum Gasteiger partial charge on any atom is 0.144 e. The van der Waals surface area contributed by atoms with Crippen LogP contribution in [0.15, 0.2) is 0 Å². The number of hydrogen-bond acceptors (Lipinski definition) is 4. The van der Waals surface area contributed by atoms with Crippen LogP contribution in [0.3, 0.4) is 0 Å². The lowest BCUT2D eigenvalue weighted by atomic mass is 10.2. The molecule has 2 heterocycles. The SMILES string of the molecule is Cc1nn(C)c(N(C)CCN2CCCC2)c1C#N. The van der Waals surface area contributed by atoms with Gasteiger partial charge in [-0.2, -0.15) is 10.4 Å². The third kappa shape index (κ3) is 2.49. The highest BCUT2D eigenvalue weighted by Gasteiger charge is 2.18. The fourth-order valence-electron chi connectivity index (χ4n) is 2.62. The standard InChI is InChI=1S/C13H21N5/c1-11-12(10-14)13(17(3)15-11)16(2)8-9-18-6-4-5-7-18/h4-9H2,1-3H3. The zero-order valence-electron chi connectivity index (χ0n) is 11.5. The van der Waals surface area contributed by atoms with Crippen LogP contribution in [0.25, 0.3) is 0 Å². The first-order chi connectivity index (χ1) is 8.63. The number of rotatable bonds is 4. The Hall–Kier alpha value is -1.54. The van der Waals surface area contributed by atoms with E-state index in [4.69, 9.17) is 0 Å². The number of aryl methyl sites for hydroxylation is 2. The van der Waals surface area contributed by atoms with E-state index in [1.54, 1.807) is 4.68 Å². The number of nitriles is 1. The van der Waals surface area contributed by atoms with Gasteiger partial charge in [-0.1, -0.05) is 0 Å². The molecule has 18 heavy (non-hydrogen) atoms. The summed E-state index contributed by atoms with van der Waals surface area (Å²) in [7, 11) is 3.93. The molecule has 1 aliphatic rings. The molecule has 1 aromatic rings. The van der Waals surface area contributed by atoms with E-state index < -0.39 is 0 Å². The van der Waals surface area contributed by atoms with Crippen molar-refractivity contribution in [2.24, 2.45) is 7.05 Å². The van der Waals surface area contributed by atoms with E-state index in [9.17, 15) is 5.26 Å². The van der Waals surface area contributed by atoms with Crippen molar-refractivity contribution in [3.8, 4) is 6.07 Å². The minimum Gasteiger partial charge on any atom is -0.358 e. The molecule has 0 unspecified atom stereocenters. The topological polar surface area (TPSA) is 48.1 Å². The molecule has 0 amide bonds. The van der Waals surface area contributed by atoms with Crippen LogP contribution in [0.5, 0.6) is 0 Å². The molecule has 2 rings (SSSR count). The Balaban J connectivity index is 2.04. The van der Waals surface area contributed by atoms with Gasteiger partial charge < -0.3 is 9.80 Å². The minimum absolute atomic E-state index is 0.696. The normalized spacial score (nSPS) is 15.9. The smallest absolute Gasteiger partial charge is 0.144 e. The van der Waals surface area contributed by atoms with Crippen molar-refractivity contribution in [1.29, 1.82) is 5.26 Å². The fraction of sp³-hybridized carbons (Fsp3) is 0.692. The summed E-state index contributed by atoms with van der Waals surface area (Å²) in [6.07, 6.45) is 2.63. The molecule has 5 nitrogen and oxygen atoms in total. The lowest BCUT2D eigenvalue weighted by molar-refractivity contribution is 0.346. The first kappa shape index (κ1) is 12.9. The van der Waals surface area contributed by atoms with Gasteiger partial charge in [0.1, 0.15) is 17.5 Å². The van der Waals surface area contributed by atoms with Crippen LogP contribution in [0, 0.1) is 18.3 Å². The second-order valence-electron chi connectivity index (χ2n) is 4.99. The molecule has 0 radical (unpaired) electrons. The monoisotopic (exact) mass is 247 g/mol. The zero-order valence-corrected chi connectivity index (χ0v) is 11.5. The molecule has 0 aliphatic carbocycles. The number of likely N-dealkylation sites (N-methyl/N-ethyl adjacent to an activating group) is 1. The summed E-state index contributed by atoms with van der Waals surface area (Å²) in [5.41, 5.74) is 1.50. The molecule has 0 N–H and O–H groups in total. The molecule has 1 aromatic heterocycles. The lowest BCUT2D eigenvalue weighted by Crippen LogP contribution is -2.32. The van der Waals surface area contributed by atoms with Crippen LogP contribution in [-0.2, 0) is 7.05 Å². The molecule has 0 saturated carbocycles. The van der Waals surface area contributed by atoms with Crippen molar-refractivity contribution < 1.29 is 0 Å². The predicted octanol–water partition coefficient (Wildman–Crippen LogP) is 1.13. The largest absolute Gasteiger partial charge is 0.358 e. The average Bonchev–Trinajstić information content (AvgIpc) is 2.93. The molecule has 98 valence electrons. The number of hydrogen-bond donors (Lipinski definition) is 0. The quantitative estimate of drug-likeness (QED) is 0.800. The number of likely N-dealkylation sites (tertiary alicyclic amines) is 1. The van der Waals surface area contributed by atoms with Gasteiger partial charge in [0.25, 0.3) is 0 Å². The summed E-state index contributed by atoms with van der Waals surface area (Å²) in [4.78, 5) is 4.61. The molecule has 1 aliphatic heterocycles. The third-order valence-corrected chi connectivity index (χ3v) is 3.62. The van der Waals surface area contributed by atoms with Crippen LogP contribution >= 0.6 is 0 Å². The molecule has 0 spiro atoms. The Morgan fingerprint density at radius 3 is 2.67 bits per heavy atom. The van der Waals surface area contributed by atoms with Gasteiger partial charge in [-0.05, 0) is 32.9 Å². The van der Waals surface area contributed by atoms with E-state index >= 15 is 0 Å². The van der Waals surface area contributed by atoms with Gasteiger partial charge in [0, 0.05) is 27.2 Å². The van der Waals surface area contributed by atoms with Crippen molar-refractivity contribution >= 4 is 5.82 Å². The number of nitrogens with zero attached hydrogens (tertiary/aromatic N) is 5. The first-order valence-electron chi connectivity index (χ1n) is 6.50. The van der Waals surface area contributed by atoms with Crippen LogP contribution < -0.4 is 4.90 Å². The predicted molar refractivity (Wildman–Crippen MR) is 71.6 cm³/mol. The fourth-order valence-corrected chi connectivity index (χ4v) is 2.62. The number of aromatic nitrogens is 2. The van der Waals surface area contributed by atoms with E-state index in [2.05, 4.69) is 21.0 Å². The number of anilines is 1. The average molecular weight is 247 g/mol. The van der Waals surface area contributed by atoms with E-state index in [-0.39, 0.29) is 0 Å². The summed E-state index contributed by atoms with van der Waals surface area (Å²) in [5, 5.41) is 13.5. The summed E-state index contributed by atoms with van der Waals surface area (Å²) in [6.45, 7) is 6.31. The van der Waals surface area contributed by atoms with Gasteiger partial charge in [0.15, 0.2) is 0 Å². The molecule has 1 saturated heterocycles. The second kappa shape index (κ2) is 5.40. The second-order valence-corrected chi connectivity index (χ2v) is 4.99. The maximum atomic E-state index is 9.20. The van der Waals surface area contributed by atoms with Crippen molar-refractivity contribution in [2.75, 3.05) is 38.1 Å².